The van der Waals surface area contributed by atoms with Gasteiger partial charge in [-0.2, -0.15) is 9.49 Å². The minimum absolute atomic E-state index is 0.0408. The first-order valence-electron chi connectivity index (χ1n) is 5.18. The van der Waals surface area contributed by atoms with Crippen molar-refractivity contribution in [1.29, 1.82) is 0 Å². The molecule has 0 unspecified atom stereocenters. The summed E-state index contributed by atoms with van der Waals surface area (Å²) in [6, 6.07) is -0.0408. The molecule has 0 bridgehead atoms. The van der Waals surface area contributed by atoms with E-state index in [-0.39, 0.29) is 6.04 Å². The van der Waals surface area contributed by atoms with Crippen molar-refractivity contribution in [1.82, 2.24) is 9.78 Å². The molecule has 1 aromatic rings. The first-order chi connectivity index (χ1) is 7.50. The molecule has 1 fully saturated rings. The summed E-state index contributed by atoms with van der Waals surface area (Å²) in [6.45, 7) is 0. The third-order valence-corrected chi connectivity index (χ3v) is 4.19. The van der Waals surface area contributed by atoms with Gasteiger partial charge in [0.05, 0.1) is 12.2 Å². The highest BCUT2D eigenvalue weighted by atomic mass is 35.7. The summed E-state index contributed by atoms with van der Waals surface area (Å²) in [7, 11) is 1.06. The Kier molecular flexibility index (Phi) is 3.21. The molecule has 1 aliphatic rings. The van der Waals surface area contributed by atoms with Crippen molar-refractivity contribution >= 4 is 19.7 Å². The van der Waals surface area contributed by atoms with E-state index in [1.807, 2.05) is 0 Å². The molecule has 1 aliphatic carbocycles. The zero-order valence-corrected chi connectivity index (χ0v) is 10.1. The second-order valence-electron chi connectivity index (χ2n) is 3.97. The topological polar surface area (TPSA) is 52.0 Å². The van der Waals surface area contributed by atoms with Crippen LogP contribution in [0.1, 0.15) is 38.1 Å². The average molecular weight is 267 g/mol. The Hall–Kier alpha value is -0.620. The summed E-state index contributed by atoms with van der Waals surface area (Å²) >= 11 is 0. The van der Waals surface area contributed by atoms with E-state index in [0.29, 0.717) is 0 Å². The van der Waals surface area contributed by atoms with E-state index >= 15 is 0 Å². The van der Waals surface area contributed by atoms with E-state index in [4.69, 9.17) is 10.7 Å². The molecule has 1 saturated carbocycles. The van der Waals surface area contributed by atoms with Crippen molar-refractivity contribution in [2.45, 2.75) is 43.0 Å². The molecule has 1 heterocycles. The molecule has 4 nitrogen and oxygen atoms in total. The van der Waals surface area contributed by atoms with Crippen LogP contribution in [0.15, 0.2) is 11.1 Å². The average Bonchev–Trinajstić information content (AvgIpc) is 2.61. The van der Waals surface area contributed by atoms with Crippen LogP contribution >= 0.6 is 10.7 Å². The number of nitrogens with zero attached hydrogens (tertiary/aromatic N) is 2. The molecule has 0 aromatic carbocycles. The fourth-order valence-corrected chi connectivity index (χ4v) is 2.85. The van der Waals surface area contributed by atoms with Gasteiger partial charge < -0.3 is 0 Å². The maximum atomic E-state index is 13.7. The van der Waals surface area contributed by atoms with Gasteiger partial charge in [-0.1, -0.05) is 19.3 Å². The minimum atomic E-state index is -4.04. The monoisotopic (exact) mass is 266 g/mol. The van der Waals surface area contributed by atoms with Gasteiger partial charge in [-0.05, 0) is 12.8 Å². The van der Waals surface area contributed by atoms with Gasteiger partial charge in [0, 0.05) is 10.7 Å². The maximum absolute atomic E-state index is 13.7. The van der Waals surface area contributed by atoms with Crippen molar-refractivity contribution in [2.75, 3.05) is 0 Å². The smallest absolute Gasteiger partial charge is 0.235 e. The zero-order valence-electron chi connectivity index (χ0n) is 8.57. The normalized spacial score (nSPS) is 18.9. The van der Waals surface area contributed by atoms with Crippen LogP contribution in [0.2, 0.25) is 0 Å². The van der Waals surface area contributed by atoms with Gasteiger partial charge in [0.2, 0.25) is 5.95 Å². The van der Waals surface area contributed by atoms with Gasteiger partial charge in [0.25, 0.3) is 9.05 Å². The van der Waals surface area contributed by atoms with Gasteiger partial charge in [0.15, 0.2) is 4.90 Å². The lowest BCUT2D eigenvalue weighted by atomic mass is 9.96. The molecule has 7 heteroatoms. The number of hydrogen-bond donors (Lipinski definition) is 0. The fraction of sp³-hybridized carbons (Fsp3) is 0.667. The van der Waals surface area contributed by atoms with Crippen LogP contribution in [0.5, 0.6) is 0 Å². The van der Waals surface area contributed by atoms with Gasteiger partial charge in [0.1, 0.15) is 0 Å². The lowest BCUT2D eigenvalue weighted by Crippen LogP contribution is -2.16. The van der Waals surface area contributed by atoms with Gasteiger partial charge in [-0.15, -0.1) is 0 Å². The Morgan fingerprint density at radius 2 is 2.00 bits per heavy atom. The fourth-order valence-electron chi connectivity index (χ4n) is 2.08. The molecule has 0 atom stereocenters. The molecule has 0 saturated heterocycles. The Bertz CT molecular complexity index is 480. The number of aromatic nitrogens is 2. The van der Waals surface area contributed by atoms with Crippen LogP contribution in [0.3, 0.4) is 0 Å². The van der Waals surface area contributed by atoms with Crippen molar-refractivity contribution < 1.29 is 12.8 Å². The van der Waals surface area contributed by atoms with Crippen LogP contribution < -0.4 is 0 Å². The molecule has 90 valence electrons. The second-order valence-corrected chi connectivity index (χ2v) is 6.51. The van der Waals surface area contributed by atoms with E-state index in [9.17, 15) is 12.8 Å². The molecule has 1 aromatic heterocycles. The summed E-state index contributed by atoms with van der Waals surface area (Å²) in [5, 5.41) is 3.78. The Labute approximate surface area is 97.8 Å². The third-order valence-electron chi connectivity index (χ3n) is 2.89. The second kappa shape index (κ2) is 4.33. The highest BCUT2D eigenvalue weighted by Gasteiger charge is 2.26. The molecule has 0 N–H and O–H groups in total. The van der Waals surface area contributed by atoms with Crippen LogP contribution in [-0.4, -0.2) is 18.2 Å². The molecule has 0 radical (unpaired) electrons. The van der Waals surface area contributed by atoms with Crippen molar-refractivity contribution in [3.63, 3.8) is 0 Å². The first kappa shape index (κ1) is 11.9. The first-order valence-corrected chi connectivity index (χ1v) is 7.49. The minimum Gasteiger partial charge on any atom is -0.235 e. The molecular formula is C9H12ClFN2O2S. The van der Waals surface area contributed by atoms with Crippen LogP contribution in [0, 0.1) is 5.95 Å². The van der Waals surface area contributed by atoms with E-state index in [2.05, 4.69) is 5.10 Å². The Morgan fingerprint density at radius 1 is 1.38 bits per heavy atom. The lowest BCUT2D eigenvalue weighted by Gasteiger charge is -2.21. The Balaban J connectivity index is 2.33. The van der Waals surface area contributed by atoms with Crippen molar-refractivity contribution in [2.24, 2.45) is 0 Å². The molecule has 0 amide bonds. The summed E-state index contributed by atoms with van der Waals surface area (Å²) in [5.74, 6) is -0.845. The van der Waals surface area contributed by atoms with Gasteiger partial charge >= 0.3 is 0 Å². The SMILES string of the molecule is O=S(=O)(Cl)c1cnn(C2CCCCC2)c1F. The highest BCUT2D eigenvalue weighted by Crippen LogP contribution is 2.30. The summed E-state index contributed by atoms with van der Waals surface area (Å²) < 4.78 is 36.9. The molecule has 0 spiro atoms. The van der Waals surface area contributed by atoms with Crippen molar-refractivity contribution in [3.05, 3.63) is 12.1 Å². The van der Waals surface area contributed by atoms with Crippen LogP contribution in [0.4, 0.5) is 4.39 Å². The third kappa shape index (κ3) is 2.22. The van der Waals surface area contributed by atoms with E-state index in [1.54, 1.807) is 0 Å². The maximum Gasteiger partial charge on any atom is 0.267 e. The predicted octanol–water partition coefficient (Wildman–Crippen LogP) is 2.45. The summed E-state index contributed by atoms with van der Waals surface area (Å²) in [5.41, 5.74) is 0. The number of rotatable bonds is 2. The molecule has 0 aliphatic heterocycles. The van der Waals surface area contributed by atoms with E-state index < -0.39 is 19.9 Å². The van der Waals surface area contributed by atoms with Crippen LogP contribution in [0.25, 0.3) is 0 Å². The van der Waals surface area contributed by atoms with Gasteiger partial charge in [-0.3, -0.25) is 0 Å². The largest absolute Gasteiger partial charge is 0.267 e. The molecule has 16 heavy (non-hydrogen) atoms. The molecular weight excluding hydrogens is 255 g/mol. The summed E-state index contributed by atoms with van der Waals surface area (Å²) in [4.78, 5) is -0.528. The highest BCUT2D eigenvalue weighted by molar-refractivity contribution is 8.13. The van der Waals surface area contributed by atoms with E-state index in [0.717, 1.165) is 43.0 Å². The zero-order chi connectivity index (χ0) is 11.8. The predicted molar refractivity (Wildman–Crippen MR) is 57.3 cm³/mol. The lowest BCUT2D eigenvalue weighted by molar-refractivity contribution is 0.289. The Morgan fingerprint density at radius 3 is 2.50 bits per heavy atom. The number of halogens is 2. The quantitative estimate of drug-likeness (QED) is 0.773. The van der Waals surface area contributed by atoms with Crippen LogP contribution in [-0.2, 0) is 9.05 Å². The van der Waals surface area contributed by atoms with E-state index in [1.165, 1.54) is 0 Å². The molecule has 2 rings (SSSR count). The standard InChI is InChI=1S/C9H12ClFN2O2S/c10-16(14,15)8-6-12-13(9(8)11)7-4-2-1-3-5-7/h6-7H,1-5H2. The van der Waals surface area contributed by atoms with Crippen molar-refractivity contribution in [3.8, 4) is 0 Å². The summed E-state index contributed by atoms with van der Waals surface area (Å²) in [6.07, 6.45) is 5.83. The van der Waals surface area contributed by atoms with Gasteiger partial charge in [-0.25, -0.2) is 13.1 Å². The number of hydrogen-bond acceptors (Lipinski definition) is 3.